The lowest BCUT2D eigenvalue weighted by molar-refractivity contribution is -0.158. The van der Waals surface area contributed by atoms with Crippen molar-refractivity contribution in [3.05, 3.63) is 0 Å². The lowest BCUT2D eigenvalue weighted by Crippen LogP contribution is -2.56. The number of likely N-dealkylation sites (tertiary alicyclic amines) is 1. The topological polar surface area (TPSA) is 92.9 Å². The Labute approximate surface area is 106 Å². The number of rotatable bonds is 3. The summed E-state index contributed by atoms with van der Waals surface area (Å²) >= 11 is 0. The molecule has 3 atom stereocenters. The molecule has 102 valence electrons. The van der Waals surface area contributed by atoms with E-state index in [1.165, 1.54) is 4.90 Å². The maximum Gasteiger partial charge on any atom is 0.329 e. The second kappa shape index (κ2) is 4.85. The van der Waals surface area contributed by atoms with Gasteiger partial charge in [0.05, 0.1) is 19.1 Å². The molecule has 2 aliphatic rings. The first-order valence-corrected chi connectivity index (χ1v) is 6.41. The van der Waals surface area contributed by atoms with Gasteiger partial charge in [-0.2, -0.15) is 0 Å². The SMILES string of the molecule is CCC1(C(=O)O)CCCN1C(=O)C1COCC1N. The number of ether oxygens (including phenoxy) is 1. The number of carbonyl (C=O) groups excluding carboxylic acids is 1. The summed E-state index contributed by atoms with van der Waals surface area (Å²) in [7, 11) is 0. The van der Waals surface area contributed by atoms with Crippen LogP contribution in [0.1, 0.15) is 26.2 Å². The Bertz CT molecular complexity index is 360. The van der Waals surface area contributed by atoms with E-state index >= 15 is 0 Å². The van der Waals surface area contributed by atoms with E-state index in [9.17, 15) is 14.7 Å². The zero-order valence-corrected chi connectivity index (χ0v) is 10.6. The Balaban J connectivity index is 2.21. The van der Waals surface area contributed by atoms with E-state index in [0.29, 0.717) is 32.6 Å². The van der Waals surface area contributed by atoms with Crippen molar-refractivity contribution in [2.45, 2.75) is 37.8 Å². The van der Waals surface area contributed by atoms with Crippen LogP contribution in [0.15, 0.2) is 0 Å². The summed E-state index contributed by atoms with van der Waals surface area (Å²) in [5.41, 5.74) is 4.79. The first-order chi connectivity index (χ1) is 8.53. The molecule has 6 nitrogen and oxygen atoms in total. The molecule has 2 aliphatic heterocycles. The minimum atomic E-state index is -1.04. The highest BCUT2D eigenvalue weighted by Gasteiger charge is 2.50. The van der Waals surface area contributed by atoms with E-state index in [2.05, 4.69) is 0 Å². The number of carbonyl (C=O) groups is 2. The molecule has 2 rings (SSSR count). The van der Waals surface area contributed by atoms with Gasteiger partial charge in [0.2, 0.25) is 5.91 Å². The Morgan fingerprint density at radius 3 is 2.72 bits per heavy atom. The molecule has 0 aromatic heterocycles. The van der Waals surface area contributed by atoms with Crippen molar-refractivity contribution >= 4 is 11.9 Å². The molecule has 0 radical (unpaired) electrons. The van der Waals surface area contributed by atoms with Crippen molar-refractivity contribution < 1.29 is 19.4 Å². The normalized spacial score (nSPS) is 36.0. The molecule has 2 fully saturated rings. The van der Waals surface area contributed by atoms with Crippen molar-refractivity contribution in [1.29, 1.82) is 0 Å². The molecule has 2 heterocycles. The van der Waals surface area contributed by atoms with Gasteiger partial charge in [0.1, 0.15) is 5.54 Å². The van der Waals surface area contributed by atoms with Crippen molar-refractivity contribution in [3.8, 4) is 0 Å². The van der Waals surface area contributed by atoms with Crippen LogP contribution < -0.4 is 5.73 Å². The first-order valence-electron chi connectivity index (χ1n) is 6.41. The molecule has 0 bridgehead atoms. The fraction of sp³-hybridized carbons (Fsp3) is 0.833. The average molecular weight is 256 g/mol. The molecule has 3 N–H and O–H groups in total. The van der Waals surface area contributed by atoms with E-state index in [1.807, 2.05) is 6.92 Å². The minimum absolute atomic E-state index is 0.165. The van der Waals surface area contributed by atoms with Gasteiger partial charge in [-0.05, 0) is 19.3 Å². The van der Waals surface area contributed by atoms with E-state index in [4.69, 9.17) is 10.5 Å². The van der Waals surface area contributed by atoms with Gasteiger partial charge in [0.15, 0.2) is 0 Å². The zero-order chi connectivity index (χ0) is 13.3. The summed E-state index contributed by atoms with van der Waals surface area (Å²) in [4.78, 5) is 25.5. The quantitative estimate of drug-likeness (QED) is 0.730. The molecule has 2 saturated heterocycles. The van der Waals surface area contributed by atoms with E-state index in [-0.39, 0.29) is 11.9 Å². The maximum atomic E-state index is 12.4. The third-order valence-electron chi connectivity index (χ3n) is 4.18. The largest absolute Gasteiger partial charge is 0.479 e. The number of nitrogens with two attached hydrogens (primary N) is 1. The van der Waals surface area contributed by atoms with Gasteiger partial charge in [0, 0.05) is 12.6 Å². The van der Waals surface area contributed by atoms with Crippen LogP contribution >= 0.6 is 0 Å². The zero-order valence-electron chi connectivity index (χ0n) is 10.6. The highest BCUT2D eigenvalue weighted by atomic mass is 16.5. The molecular weight excluding hydrogens is 236 g/mol. The third kappa shape index (κ3) is 1.89. The summed E-state index contributed by atoms with van der Waals surface area (Å²) in [5.74, 6) is -1.47. The fourth-order valence-electron chi connectivity index (χ4n) is 2.97. The number of carboxylic acids is 1. The number of hydrogen-bond donors (Lipinski definition) is 2. The summed E-state index contributed by atoms with van der Waals surface area (Å²) in [5, 5.41) is 9.44. The fourth-order valence-corrected chi connectivity index (χ4v) is 2.97. The van der Waals surface area contributed by atoms with Crippen LogP contribution in [0.2, 0.25) is 0 Å². The van der Waals surface area contributed by atoms with Gasteiger partial charge >= 0.3 is 5.97 Å². The number of amides is 1. The monoisotopic (exact) mass is 256 g/mol. The Hall–Kier alpha value is -1.14. The Morgan fingerprint density at radius 1 is 1.50 bits per heavy atom. The van der Waals surface area contributed by atoms with Crippen molar-refractivity contribution in [2.24, 2.45) is 11.7 Å². The molecule has 1 amide bonds. The molecule has 0 aliphatic carbocycles. The summed E-state index contributed by atoms with van der Waals surface area (Å²) in [6, 6.07) is -0.318. The van der Waals surface area contributed by atoms with Crippen LogP contribution in [0.5, 0.6) is 0 Å². The number of nitrogens with zero attached hydrogens (tertiary/aromatic N) is 1. The number of aliphatic carboxylic acids is 1. The third-order valence-corrected chi connectivity index (χ3v) is 4.18. The van der Waals surface area contributed by atoms with Crippen molar-refractivity contribution in [2.75, 3.05) is 19.8 Å². The summed E-state index contributed by atoms with van der Waals surface area (Å²) < 4.78 is 5.19. The number of carboxylic acid groups (broad SMARTS) is 1. The van der Waals surface area contributed by atoms with Crippen LogP contribution in [0.25, 0.3) is 0 Å². The Kier molecular flexibility index (Phi) is 3.59. The van der Waals surface area contributed by atoms with Gasteiger partial charge in [-0.3, -0.25) is 4.79 Å². The molecule has 0 aromatic carbocycles. The second-order valence-electron chi connectivity index (χ2n) is 5.09. The van der Waals surface area contributed by atoms with Crippen LogP contribution in [0.4, 0.5) is 0 Å². The second-order valence-corrected chi connectivity index (χ2v) is 5.09. The van der Waals surface area contributed by atoms with Crippen molar-refractivity contribution in [3.63, 3.8) is 0 Å². The molecule has 0 spiro atoms. The maximum absolute atomic E-state index is 12.4. The first kappa shape index (κ1) is 13.3. The Morgan fingerprint density at radius 2 is 2.22 bits per heavy atom. The predicted molar refractivity (Wildman–Crippen MR) is 63.9 cm³/mol. The molecular formula is C12H20N2O4. The van der Waals surface area contributed by atoms with Gasteiger partial charge in [-0.15, -0.1) is 0 Å². The van der Waals surface area contributed by atoms with E-state index in [0.717, 1.165) is 6.42 Å². The van der Waals surface area contributed by atoms with Gasteiger partial charge in [0.25, 0.3) is 0 Å². The van der Waals surface area contributed by atoms with Crippen LogP contribution in [0.3, 0.4) is 0 Å². The molecule has 3 unspecified atom stereocenters. The smallest absolute Gasteiger partial charge is 0.329 e. The molecule has 18 heavy (non-hydrogen) atoms. The van der Waals surface area contributed by atoms with Crippen molar-refractivity contribution in [1.82, 2.24) is 4.90 Å². The minimum Gasteiger partial charge on any atom is -0.479 e. The molecule has 0 saturated carbocycles. The molecule has 6 heteroatoms. The standard InChI is InChI=1S/C12H20N2O4/c1-2-12(11(16)17)4-3-5-14(12)10(15)8-6-18-7-9(8)13/h8-9H,2-7,13H2,1H3,(H,16,17). The lowest BCUT2D eigenvalue weighted by Gasteiger charge is -2.35. The highest BCUT2D eigenvalue weighted by molar-refractivity contribution is 5.89. The van der Waals surface area contributed by atoms with Crippen LogP contribution in [-0.2, 0) is 14.3 Å². The lowest BCUT2D eigenvalue weighted by atomic mass is 9.91. The van der Waals surface area contributed by atoms with E-state index in [1.54, 1.807) is 0 Å². The summed E-state index contributed by atoms with van der Waals surface area (Å²) in [6.45, 7) is 2.99. The highest BCUT2D eigenvalue weighted by Crippen LogP contribution is 2.34. The molecule has 0 aromatic rings. The van der Waals surface area contributed by atoms with Gasteiger partial charge in [-0.1, -0.05) is 6.92 Å². The van der Waals surface area contributed by atoms with Crippen LogP contribution in [0, 0.1) is 5.92 Å². The summed E-state index contributed by atoms with van der Waals surface area (Å²) in [6.07, 6.45) is 1.68. The van der Waals surface area contributed by atoms with Crippen LogP contribution in [-0.4, -0.2) is 53.2 Å². The van der Waals surface area contributed by atoms with E-state index < -0.39 is 17.4 Å². The van der Waals surface area contributed by atoms with Gasteiger partial charge < -0.3 is 20.5 Å². The average Bonchev–Trinajstić information content (AvgIpc) is 2.94. The van der Waals surface area contributed by atoms with Gasteiger partial charge in [-0.25, -0.2) is 4.79 Å². The number of hydrogen-bond acceptors (Lipinski definition) is 4. The predicted octanol–water partition coefficient (Wildman–Crippen LogP) is -0.184.